The van der Waals surface area contributed by atoms with Crippen molar-refractivity contribution in [2.75, 3.05) is 5.32 Å². The Hall–Kier alpha value is -2.08. The molecule has 25 heavy (non-hydrogen) atoms. The fourth-order valence-electron chi connectivity index (χ4n) is 2.33. The van der Waals surface area contributed by atoms with Gasteiger partial charge in [-0.1, -0.05) is 40.9 Å². The van der Waals surface area contributed by atoms with E-state index in [4.69, 9.17) is 34.8 Å². The molecular weight excluding hydrogens is 385 g/mol. The maximum atomic E-state index is 12.5. The molecule has 128 valence electrons. The number of carbonyl (C=O) groups excluding carboxylic acids is 1. The van der Waals surface area contributed by atoms with Gasteiger partial charge in [0.1, 0.15) is 0 Å². The van der Waals surface area contributed by atoms with Gasteiger partial charge < -0.3 is 5.32 Å². The van der Waals surface area contributed by atoms with Gasteiger partial charge in [0.05, 0.1) is 33.0 Å². The number of benzene rings is 2. The SMILES string of the molecule is O=C(CCn1cnc2ccc(Cl)cc2c1=O)Nc1c(Cl)cccc1Cl. The molecule has 2 aromatic carbocycles. The third-order valence-electron chi connectivity index (χ3n) is 3.59. The quantitative estimate of drug-likeness (QED) is 0.711. The van der Waals surface area contributed by atoms with Crippen molar-refractivity contribution >= 4 is 57.3 Å². The van der Waals surface area contributed by atoms with Crippen molar-refractivity contribution in [3.63, 3.8) is 0 Å². The summed E-state index contributed by atoms with van der Waals surface area (Å²) < 4.78 is 1.37. The van der Waals surface area contributed by atoms with Crippen molar-refractivity contribution in [1.82, 2.24) is 9.55 Å². The number of nitrogens with zero attached hydrogens (tertiary/aromatic N) is 2. The minimum atomic E-state index is -0.312. The summed E-state index contributed by atoms with van der Waals surface area (Å²) in [6.07, 6.45) is 1.48. The average molecular weight is 397 g/mol. The maximum absolute atomic E-state index is 12.5. The first-order valence-corrected chi connectivity index (χ1v) is 8.47. The van der Waals surface area contributed by atoms with Gasteiger partial charge in [0, 0.05) is 18.0 Å². The monoisotopic (exact) mass is 395 g/mol. The largest absolute Gasteiger partial charge is 0.323 e. The highest BCUT2D eigenvalue weighted by molar-refractivity contribution is 6.39. The zero-order chi connectivity index (χ0) is 18.0. The van der Waals surface area contributed by atoms with E-state index in [9.17, 15) is 9.59 Å². The van der Waals surface area contributed by atoms with Gasteiger partial charge in [-0.15, -0.1) is 0 Å². The molecule has 1 amide bonds. The summed E-state index contributed by atoms with van der Waals surface area (Å²) in [5.41, 5.74) is 0.653. The molecule has 0 aliphatic carbocycles. The first-order valence-electron chi connectivity index (χ1n) is 7.34. The average Bonchev–Trinajstić information content (AvgIpc) is 2.58. The van der Waals surface area contributed by atoms with E-state index in [1.807, 2.05) is 0 Å². The van der Waals surface area contributed by atoms with Crippen LogP contribution in [0.4, 0.5) is 5.69 Å². The number of anilines is 1. The van der Waals surface area contributed by atoms with Crippen LogP contribution in [-0.4, -0.2) is 15.5 Å². The number of fused-ring (bicyclic) bond motifs is 1. The molecule has 0 aliphatic rings. The van der Waals surface area contributed by atoms with Crippen molar-refractivity contribution in [1.29, 1.82) is 0 Å². The van der Waals surface area contributed by atoms with Crippen molar-refractivity contribution < 1.29 is 4.79 Å². The first-order chi connectivity index (χ1) is 12.0. The van der Waals surface area contributed by atoms with E-state index in [0.717, 1.165) is 0 Å². The van der Waals surface area contributed by atoms with E-state index < -0.39 is 0 Å². The molecule has 0 fully saturated rings. The minimum absolute atomic E-state index is 0.0647. The molecule has 0 radical (unpaired) electrons. The lowest BCUT2D eigenvalue weighted by atomic mass is 10.2. The molecule has 3 aromatic rings. The Morgan fingerprint density at radius 2 is 1.84 bits per heavy atom. The molecule has 0 atom stereocenters. The van der Waals surface area contributed by atoms with Crippen LogP contribution in [0.25, 0.3) is 10.9 Å². The number of rotatable bonds is 4. The fourth-order valence-corrected chi connectivity index (χ4v) is 3.00. The molecule has 0 bridgehead atoms. The van der Waals surface area contributed by atoms with Gasteiger partial charge in [0.15, 0.2) is 0 Å². The van der Waals surface area contributed by atoms with Crippen LogP contribution in [0.2, 0.25) is 15.1 Å². The molecule has 1 N–H and O–H groups in total. The van der Waals surface area contributed by atoms with Crippen molar-refractivity contribution in [2.24, 2.45) is 0 Å². The van der Waals surface area contributed by atoms with Crippen LogP contribution >= 0.6 is 34.8 Å². The number of hydrogen-bond acceptors (Lipinski definition) is 3. The molecule has 8 heteroatoms. The van der Waals surface area contributed by atoms with Gasteiger partial charge in [0.25, 0.3) is 5.56 Å². The van der Waals surface area contributed by atoms with Crippen molar-refractivity contribution in [3.05, 3.63) is 68.1 Å². The minimum Gasteiger partial charge on any atom is -0.323 e. The molecular formula is C17H12Cl3N3O2. The van der Waals surface area contributed by atoms with Gasteiger partial charge >= 0.3 is 0 Å². The highest BCUT2D eigenvalue weighted by Crippen LogP contribution is 2.29. The predicted molar refractivity (Wildman–Crippen MR) is 101 cm³/mol. The second-order valence-electron chi connectivity index (χ2n) is 5.30. The van der Waals surface area contributed by atoms with E-state index in [1.165, 1.54) is 10.9 Å². The molecule has 1 heterocycles. The second-order valence-corrected chi connectivity index (χ2v) is 6.55. The summed E-state index contributed by atoms with van der Waals surface area (Å²) in [6.45, 7) is 0.169. The van der Waals surface area contributed by atoms with Crippen LogP contribution in [0.1, 0.15) is 6.42 Å². The van der Waals surface area contributed by atoms with Crippen LogP contribution in [0.5, 0.6) is 0 Å². The molecule has 0 unspecified atom stereocenters. The molecule has 0 spiro atoms. The van der Waals surface area contributed by atoms with Gasteiger partial charge in [-0.25, -0.2) is 4.98 Å². The summed E-state index contributed by atoms with van der Waals surface area (Å²) in [7, 11) is 0. The maximum Gasteiger partial charge on any atom is 0.261 e. The number of carbonyl (C=O) groups is 1. The normalized spacial score (nSPS) is 10.8. The lowest BCUT2D eigenvalue weighted by molar-refractivity contribution is -0.116. The topological polar surface area (TPSA) is 64.0 Å². The van der Waals surface area contributed by atoms with E-state index in [2.05, 4.69) is 10.3 Å². The van der Waals surface area contributed by atoms with E-state index in [0.29, 0.717) is 31.7 Å². The Labute approximate surface area is 158 Å². The van der Waals surface area contributed by atoms with Gasteiger partial charge in [-0.05, 0) is 30.3 Å². The molecule has 1 aromatic heterocycles. The molecule has 5 nitrogen and oxygen atoms in total. The summed E-state index contributed by atoms with van der Waals surface area (Å²) >= 11 is 18.0. The highest BCUT2D eigenvalue weighted by atomic mass is 35.5. The van der Waals surface area contributed by atoms with Crippen LogP contribution in [0, 0.1) is 0 Å². The Bertz CT molecular complexity index is 997. The van der Waals surface area contributed by atoms with Gasteiger partial charge in [-0.3, -0.25) is 14.2 Å². The Morgan fingerprint density at radius 3 is 2.56 bits per heavy atom. The van der Waals surface area contributed by atoms with Crippen molar-refractivity contribution in [3.8, 4) is 0 Å². The number of aromatic nitrogens is 2. The summed E-state index contributed by atoms with van der Waals surface area (Å²) in [6, 6.07) is 9.85. The number of nitrogens with one attached hydrogen (secondary N) is 1. The molecule has 0 aliphatic heterocycles. The van der Waals surface area contributed by atoms with E-state index in [1.54, 1.807) is 36.4 Å². The number of aryl methyl sites for hydroxylation is 1. The van der Waals surface area contributed by atoms with E-state index >= 15 is 0 Å². The van der Waals surface area contributed by atoms with Crippen LogP contribution < -0.4 is 10.9 Å². The zero-order valence-electron chi connectivity index (χ0n) is 12.8. The Kier molecular flexibility index (Phi) is 5.27. The van der Waals surface area contributed by atoms with Crippen LogP contribution in [0.15, 0.2) is 47.5 Å². The highest BCUT2D eigenvalue weighted by Gasteiger charge is 2.11. The Morgan fingerprint density at radius 1 is 1.12 bits per heavy atom. The first kappa shape index (κ1) is 17.7. The van der Waals surface area contributed by atoms with Crippen LogP contribution in [-0.2, 0) is 11.3 Å². The van der Waals surface area contributed by atoms with Crippen LogP contribution in [0.3, 0.4) is 0 Å². The standard InChI is InChI=1S/C17H12Cl3N3O2/c18-10-4-5-14-11(8-10)17(25)23(9-21-14)7-6-15(24)22-16-12(19)2-1-3-13(16)20/h1-5,8-9H,6-7H2,(H,22,24). The number of hydrogen-bond donors (Lipinski definition) is 1. The summed E-state index contributed by atoms with van der Waals surface area (Å²) in [5.74, 6) is -0.312. The predicted octanol–water partition coefficient (Wildman–Crippen LogP) is 4.39. The lowest BCUT2D eigenvalue weighted by Crippen LogP contribution is -2.23. The summed E-state index contributed by atoms with van der Waals surface area (Å²) in [4.78, 5) is 28.8. The fraction of sp³-hybridized carbons (Fsp3) is 0.118. The number of amides is 1. The van der Waals surface area contributed by atoms with Gasteiger partial charge in [0.2, 0.25) is 5.91 Å². The second kappa shape index (κ2) is 7.44. The smallest absolute Gasteiger partial charge is 0.261 e. The third-order valence-corrected chi connectivity index (χ3v) is 4.46. The van der Waals surface area contributed by atoms with Gasteiger partial charge in [-0.2, -0.15) is 0 Å². The third kappa shape index (κ3) is 3.95. The van der Waals surface area contributed by atoms with E-state index in [-0.39, 0.29) is 24.4 Å². The number of halogens is 3. The lowest BCUT2D eigenvalue weighted by Gasteiger charge is -2.10. The number of para-hydroxylation sites is 1. The van der Waals surface area contributed by atoms with Crippen molar-refractivity contribution in [2.45, 2.75) is 13.0 Å². The molecule has 0 saturated heterocycles. The Balaban J connectivity index is 1.75. The summed E-state index contributed by atoms with van der Waals surface area (Å²) in [5, 5.41) is 4.21. The molecule has 0 saturated carbocycles. The zero-order valence-corrected chi connectivity index (χ0v) is 15.1. The molecule has 3 rings (SSSR count).